The number of ether oxygens (including phenoxy) is 1. The number of amides is 1. The summed E-state index contributed by atoms with van der Waals surface area (Å²) in [5.74, 6) is -3.17. The second-order valence-electron chi connectivity index (χ2n) is 8.13. The highest BCUT2D eigenvalue weighted by Crippen LogP contribution is 2.37. The van der Waals surface area contributed by atoms with Crippen LogP contribution in [-0.2, 0) is 11.8 Å². The van der Waals surface area contributed by atoms with Gasteiger partial charge in [-0.25, -0.2) is 18.3 Å². The molecule has 0 saturated carbocycles. The monoisotopic (exact) mass is 389 g/mol. The molecule has 1 N–H and O–H groups in total. The van der Waals surface area contributed by atoms with Crippen molar-refractivity contribution in [3.63, 3.8) is 0 Å². The van der Waals surface area contributed by atoms with E-state index in [1.54, 1.807) is 20.8 Å². The molecule has 1 aliphatic rings. The van der Waals surface area contributed by atoms with Gasteiger partial charge in [0.05, 0.1) is 11.5 Å². The number of hydrogen-bond acceptors (Lipinski definition) is 6. The summed E-state index contributed by atoms with van der Waals surface area (Å²) in [6, 6.07) is 0. The zero-order valence-corrected chi connectivity index (χ0v) is 16.1. The van der Waals surface area contributed by atoms with Gasteiger partial charge < -0.3 is 15.0 Å². The van der Waals surface area contributed by atoms with E-state index in [0.29, 0.717) is 0 Å². The van der Waals surface area contributed by atoms with E-state index in [1.165, 1.54) is 23.6 Å². The number of carbonyl (C=O) groups excluding carboxylic acids is 1. The molecule has 1 amide bonds. The minimum Gasteiger partial charge on any atom is -0.444 e. The van der Waals surface area contributed by atoms with E-state index in [2.05, 4.69) is 10.4 Å². The molecule has 152 valence electrons. The first kappa shape index (κ1) is 20.8. The minimum absolute atomic E-state index is 0.0150. The normalized spacial score (nSPS) is 22.9. The Morgan fingerprint density at radius 2 is 2.07 bits per heavy atom. The lowest BCUT2D eigenvalue weighted by molar-refractivity contribution is -0.384. The fourth-order valence-electron chi connectivity index (χ4n) is 3.21. The molecule has 1 saturated heterocycles. The number of nitro groups is 1. The van der Waals surface area contributed by atoms with Crippen molar-refractivity contribution in [3.05, 3.63) is 16.3 Å². The van der Waals surface area contributed by atoms with Crippen molar-refractivity contribution in [2.24, 2.45) is 7.05 Å². The lowest BCUT2D eigenvalue weighted by Gasteiger charge is -2.32. The number of anilines is 1. The number of carbonyl (C=O) groups is 1. The standard InChI is InChI=1S/C16H25F2N5O4/c1-14(2,3)27-13(24)20-15(4)6-7-22(10-16(17,18)9-15)12-11(23(25)26)8-19-21(12)5/h8H,6-7,9-10H2,1-5H3,(H,20,24)/t15-/m0/s1. The molecule has 27 heavy (non-hydrogen) atoms. The van der Waals surface area contributed by atoms with Crippen molar-refractivity contribution in [1.29, 1.82) is 0 Å². The third-order valence-corrected chi connectivity index (χ3v) is 4.19. The zero-order chi connectivity index (χ0) is 20.6. The highest BCUT2D eigenvalue weighted by Gasteiger charge is 2.46. The van der Waals surface area contributed by atoms with Gasteiger partial charge in [0.15, 0.2) is 0 Å². The zero-order valence-electron chi connectivity index (χ0n) is 16.1. The number of rotatable bonds is 3. The van der Waals surface area contributed by atoms with Crippen LogP contribution in [0.25, 0.3) is 0 Å². The molecule has 0 bridgehead atoms. The summed E-state index contributed by atoms with van der Waals surface area (Å²) in [6.07, 6.45) is -0.192. The van der Waals surface area contributed by atoms with Gasteiger partial charge in [-0.15, -0.1) is 0 Å². The number of nitrogens with zero attached hydrogens (tertiary/aromatic N) is 4. The van der Waals surface area contributed by atoms with E-state index in [4.69, 9.17) is 4.74 Å². The minimum atomic E-state index is -3.18. The fraction of sp³-hybridized carbons (Fsp3) is 0.750. The maximum atomic E-state index is 14.6. The first-order chi connectivity index (χ1) is 12.2. The Kier molecular flexibility index (Phi) is 5.35. The van der Waals surface area contributed by atoms with E-state index in [1.807, 2.05) is 0 Å². The summed E-state index contributed by atoms with van der Waals surface area (Å²) in [7, 11) is 1.46. The number of aromatic nitrogens is 2. The molecule has 1 atom stereocenters. The van der Waals surface area contributed by atoms with Crippen LogP contribution in [0.4, 0.5) is 25.1 Å². The van der Waals surface area contributed by atoms with Gasteiger partial charge in [0.2, 0.25) is 5.82 Å². The molecule has 1 fully saturated rings. The van der Waals surface area contributed by atoms with Crippen LogP contribution in [0.2, 0.25) is 0 Å². The molecule has 0 aromatic carbocycles. The summed E-state index contributed by atoms with van der Waals surface area (Å²) in [4.78, 5) is 23.9. The van der Waals surface area contributed by atoms with Gasteiger partial charge in [-0.1, -0.05) is 0 Å². The van der Waals surface area contributed by atoms with Crippen LogP contribution in [0, 0.1) is 10.1 Å². The Labute approximate surface area is 155 Å². The first-order valence-electron chi connectivity index (χ1n) is 8.52. The van der Waals surface area contributed by atoms with Crippen LogP contribution in [0.3, 0.4) is 0 Å². The highest BCUT2D eigenvalue weighted by atomic mass is 19.3. The van der Waals surface area contributed by atoms with E-state index in [0.717, 1.165) is 6.20 Å². The van der Waals surface area contributed by atoms with E-state index < -0.39 is 41.0 Å². The summed E-state index contributed by atoms with van der Waals surface area (Å²) in [5, 5.41) is 17.6. The van der Waals surface area contributed by atoms with Gasteiger partial charge in [-0.05, 0) is 34.1 Å². The van der Waals surface area contributed by atoms with Gasteiger partial charge in [-0.2, -0.15) is 5.10 Å². The summed E-state index contributed by atoms with van der Waals surface area (Å²) in [5.41, 5.74) is -2.32. The molecule has 1 aromatic rings. The molecule has 2 rings (SSSR count). The largest absolute Gasteiger partial charge is 0.444 e. The van der Waals surface area contributed by atoms with Crippen LogP contribution in [-0.4, -0.2) is 50.9 Å². The lowest BCUT2D eigenvalue weighted by atomic mass is 9.91. The molecule has 0 aliphatic carbocycles. The van der Waals surface area contributed by atoms with Crippen molar-refractivity contribution in [2.45, 2.75) is 57.6 Å². The molecule has 0 unspecified atom stereocenters. The van der Waals surface area contributed by atoms with Crippen LogP contribution in [0.5, 0.6) is 0 Å². The molecular formula is C16H25F2N5O4. The predicted octanol–water partition coefficient (Wildman–Crippen LogP) is 2.85. The summed E-state index contributed by atoms with van der Waals surface area (Å²) >= 11 is 0. The second kappa shape index (κ2) is 6.93. The smallest absolute Gasteiger partial charge is 0.408 e. The number of aryl methyl sites for hydroxylation is 1. The lowest BCUT2D eigenvalue weighted by Crippen LogP contribution is -2.50. The number of nitrogens with one attached hydrogen (secondary N) is 1. The Balaban J connectivity index is 2.25. The van der Waals surface area contributed by atoms with E-state index in [9.17, 15) is 23.7 Å². The average molecular weight is 389 g/mol. The second-order valence-corrected chi connectivity index (χ2v) is 8.13. The average Bonchev–Trinajstić information content (AvgIpc) is 2.76. The number of hydrogen-bond donors (Lipinski definition) is 1. The SMILES string of the molecule is Cn1ncc([N+](=O)[O-])c1N1CC[C@](C)(NC(=O)OC(C)(C)C)CC(F)(F)C1. The van der Waals surface area contributed by atoms with Crippen molar-refractivity contribution < 1.29 is 23.2 Å². The maximum Gasteiger partial charge on any atom is 0.408 e. The Bertz CT molecular complexity index is 731. The van der Waals surface area contributed by atoms with Gasteiger partial charge in [0.25, 0.3) is 5.92 Å². The molecule has 0 spiro atoms. The van der Waals surface area contributed by atoms with Crippen molar-refractivity contribution >= 4 is 17.6 Å². The topological polar surface area (TPSA) is 103 Å². The summed E-state index contributed by atoms with van der Waals surface area (Å²) in [6.45, 7) is 5.94. The van der Waals surface area contributed by atoms with E-state index in [-0.39, 0.29) is 24.5 Å². The van der Waals surface area contributed by atoms with Crippen LogP contribution < -0.4 is 10.2 Å². The molecule has 9 nitrogen and oxygen atoms in total. The number of halogens is 2. The third kappa shape index (κ3) is 5.27. The van der Waals surface area contributed by atoms with Crippen LogP contribution in [0.1, 0.15) is 40.5 Å². The van der Waals surface area contributed by atoms with Crippen molar-refractivity contribution in [1.82, 2.24) is 15.1 Å². The predicted molar refractivity (Wildman–Crippen MR) is 94.0 cm³/mol. The molecular weight excluding hydrogens is 364 g/mol. The van der Waals surface area contributed by atoms with Crippen LogP contribution in [0.15, 0.2) is 6.20 Å². The van der Waals surface area contributed by atoms with Crippen molar-refractivity contribution in [3.8, 4) is 0 Å². The Morgan fingerprint density at radius 3 is 2.63 bits per heavy atom. The molecule has 0 radical (unpaired) electrons. The number of alkyl halides is 2. The highest BCUT2D eigenvalue weighted by molar-refractivity contribution is 5.69. The Hall–Kier alpha value is -2.46. The van der Waals surface area contributed by atoms with E-state index >= 15 is 0 Å². The fourth-order valence-corrected chi connectivity index (χ4v) is 3.21. The first-order valence-corrected chi connectivity index (χ1v) is 8.52. The van der Waals surface area contributed by atoms with Gasteiger partial charge in [-0.3, -0.25) is 10.1 Å². The van der Waals surface area contributed by atoms with Gasteiger partial charge in [0.1, 0.15) is 11.8 Å². The van der Waals surface area contributed by atoms with Gasteiger partial charge in [0, 0.05) is 25.6 Å². The molecule has 2 heterocycles. The molecule has 11 heteroatoms. The number of alkyl carbamates (subject to hydrolysis) is 1. The molecule has 1 aromatic heterocycles. The molecule has 1 aliphatic heterocycles. The third-order valence-electron chi connectivity index (χ3n) is 4.19. The van der Waals surface area contributed by atoms with Crippen LogP contribution >= 0.6 is 0 Å². The maximum absolute atomic E-state index is 14.6. The summed E-state index contributed by atoms with van der Waals surface area (Å²) < 4.78 is 35.6. The van der Waals surface area contributed by atoms with Gasteiger partial charge >= 0.3 is 11.8 Å². The Morgan fingerprint density at radius 1 is 1.44 bits per heavy atom. The van der Waals surface area contributed by atoms with Crippen molar-refractivity contribution in [2.75, 3.05) is 18.0 Å². The quantitative estimate of drug-likeness (QED) is 0.630.